The van der Waals surface area contributed by atoms with Crippen molar-refractivity contribution in [1.29, 1.82) is 0 Å². The molecule has 0 radical (unpaired) electrons. The molecule has 1 amide bonds. The summed E-state index contributed by atoms with van der Waals surface area (Å²) in [5.41, 5.74) is 0. The zero-order valence-electron chi connectivity index (χ0n) is 14.8. The first kappa shape index (κ1) is 17.8. The molecule has 0 saturated carbocycles. The van der Waals surface area contributed by atoms with Crippen molar-refractivity contribution in [3.05, 3.63) is 18.2 Å². The van der Waals surface area contributed by atoms with Gasteiger partial charge in [0, 0.05) is 45.3 Å². The molecule has 2 heterocycles. The molecule has 0 spiro atoms. The molecular weight excluding hydrogens is 322 g/mol. The van der Waals surface area contributed by atoms with Crippen molar-refractivity contribution in [2.24, 2.45) is 0 Å². The minimum Gasteiger partial charge on any atom is -0.493 e. The molecule has 7 nitrogen and oxygen atoms in total. The Labute approximate surface area is 148 Å². The molecule has 1 fully saturated rings. The minimum atomic E-state index is 0.119. The van der Waals surface area contributed by atoms with Crippen LogP contribution in [0.15, 0.2) is 18.2 Å². The standard InChI is InChI=1S/C18H27N3O4/c1-2-19-18(22)13-21-9-7-20(8-10-21)6-3-11-23-15-4-5-16-17(12-15)25-14-24-16/h4-5,12H,2-3,6-11,13-14H2,1H3,(H,19,22). The number of nitrogens with zero attached hydrogens (tertiary/aromatic N) is 2. The lowest BCUT2D eigenvalue weighted by Gasteiger charge is -2.34. The Morgan fingerprint density at radius 2 is 1.92 bits per heavy atom. The number of nitrogens with one attached hydrogen (secondary N) is 1. The number of likely N-dealkylation sites (N-methyl/N-ethyl adjacent to an activating group) is 1. The van der Waals surface area contributed by atoms with E-state index in [4.69, 9.17) is 14.2 Å². The molecule has 2 aliphatic heterocycles. The van der Waals surface area contributed by atoms with Crippen LogP contribution in [-0.2, 0) is 4.79 Å². The minimum absolute atomic E-state index is 0.119. The van der Waals surface area contributed by atoms with Gasteiger partial charge in [0.15, 0.2) is 11.5 Å². The van der Waals surface area contributed by atoms with Gasteiger partial charge in [-0.1, -0.05) is 0 Å². The molecule has 2 aliphatic rings. The normalized spacial score (nSPS) is 17.5. The molecule has 7 heteroatoms. The molecule has 3 rings (SSSR count). The molecular formula is C18H27N3O4. The predicted octanol–water partition coefficient (Wildman–Crippen LogP) is 0.938. The van der Waals surface area contributed by atoms with Gasteiger partial charge in [-0.25, -0.2) is 0 Å². The van der Waals surface area contributed by atoms with Gasteiger partial charge in [0.25, 0.3) is 0 Å². The lowest BCUT2D eigenvalue weighted by Crippen LogP contribution is -2.49. The predicted molar refractivity (Wildman–Crippen MR) is 94.2 cm³/mol. The summed E-state index contributed by atoms with van der Waals surface area (Å²) in [4.78, 5) is 16.3. The van der Waals surface area contributed by atoms with Gasteiger partial charge in [-0.3, -0.25) is 9.69 Å². The van der Waals surface area contributed by atoms with Crippen LogP contribution in [0.25, 0.3) is 0 Å². The van der Waals surface area contributed by atoms with Gasteiger partial charge in [0.05, 0.1) is 13.2 Å². The zero-order chi connectivity index (χ0) is 17.5. The van der Waals surface area contributed by atoms with Crippen molar-refractivity contribution in [3.8, 4) is 17.2 Å². The van der Waals surface area contributed by atoms with Crippen LogP contribution in [0, 0.1) is 0 Å². The SMILES string of the molecule is CCNC(=O)CN1CCN(CCCOc2ccc3c(c2)OCO3)CC1. The van der Waals surface area contributed by atoms with Crippen LogP contribution in [-0.4, -0.2) is 74.9 Å². The Balaban J connectivity index is 1.29. The third kappa shape index (κ3) is 5.24. The van der Waals surface area contributed by atoms with Gasteiger partial charge in [-0.05, 0) is 25.5 Å². The van der Waals surface area contributed by atoms with E-state index < -0.39 is 0 Å². The van der Waals surface area contributed by atoms with Gasteiger partial charge < -0.3 is 24.4 Å². The van der Waals surface area contributed by atoms with Crippen LogP contribution in [0.4, 0.5) is 0 Å². The molecule has 0 bridgehead atoms. The summed E-state index contributed by atoms with van der Waals surface area (Å²) in [7, 11) is 0. The highest BCUT2D eigenvalue weighted by atomic mass is 16.7. The van der Waals surface area contributed by atoms with Crippen molar-refractivity contribution in [2.75, 3.05) is 59.2 Å². The summed E-state index contributed by atoms with van der Waals surface area (Å²) < 4.78 is 16.4. The van der Waals surface area contributed by atoms with Crippen molar-refractivity contribution < 1.29 is 19.0 Å². The Morgan fingerprint density at radius 1 is 1.16 bits per heavy atom. The van der Waals surface area contributed by atoms with Gasteiger partial charge in [-0.2, -0.15) is 0 Å². The number of carbonyl (C=O) groups excluding carboxylic acids is 1. The Morgan fingerprint density at radius 3 is 2.72 bits per heavy atom. The van der Waals surface area contributed by atoms with Gasteiger partial charge in [-0.15, -0.1) is 0 Å². The number of rotatable bonds is 8. The third-order valence-electron chi connectivity index (χ3n) is 4.44. The van der Waals surface area contributed by atoms with Crippen LogP contribution in [0.2, 0.25) is 0 Å². The van der Waals surface area contributed by atoms with Gasteiger partial charge in [0.1, 0.15) is 5.75 Å². The molecule has 0 aliphatic carbocycles. The van der Waals surface area contributed by atoms with Crippen LogP contribution < -0.4 is 19.5 Å². The molecule has 0 atom stereocenters. The summed E-state index contributed by atoms with van der Waals surface area (Å²) in [6.45, 7) is 9.02. The second-order valence-electron chi connectivity index (χ2n) is 6.29. The van der Waals surface area contributed by atoms with E-state index in [-0.39, 0.29) is 12.7 Å². The maximum absolute atomic E-state index is 11.6. The summed E-state index contributed by atoms with van der Waals surface area (Å²) >= 11 is 0. The van der Waals surface area contributed by atoms with Crippen molar-refractivity contribution in [3.63, 3.8) is 0 Å². The monoisotopic (exact) mass is 349 g/mol. The smallest absolute Gasteiger partial charge is 0.234 e. The second kappa shape index (κ2) is 8.92. The van der Waals surface area contributed by atoms with Crippen LogP contribution >= 0.6 is 0 Å². The highest BCUT2D eigenvalue weighted by molar-refractivity contribution is 5.77. The number of ether oxygens (including phenoxy) is 3. The van der Waals surface area contributed by atoms with E-state index in [1.807, 2.05) is 25.1 Å². The number of carbonyl (C=O) groups is 1. The molecule has 1 aromatic carbocycles. The van der Waals surface area contributed by atoms with E-state index >= 15 is 0 Å². The van der Waals surface area contributed by atoms with E-state index in [0.29, 0.717) is 19.7 Å². The quantitative estimate of drug-likeness (QED) is 0.705. The van der Waals surface area contributed by atoms with E-state index in [1.54, 1.807) is 0 Å². The average molecular weight is 349 g/mol. The molecule has 0 unspecified atom stereocenters. The Bertz CT molecular complexity index is 573. The molecule has 138 valence electrons. The first-order valence-electron chi connectivity index (χ1n) is 8.98. The second-order valence-corrected chi connectivity index (χ2v) is 6.29. The summed E-state index contributed by atoms with van der Waals surface area (Å²) in [6.07, 6.45) is 0.977. The van der Waals surface area contributed by atoms with Crippen molar-refractivity contribution in [1.82, 2.24) is 15.1 Å². The average Bonchev–Trinajstić information content (AvgIpc) is 3.08. The zero-order valence-corrected chi connectivity index (χ0v) is 14.8. The lowest BCUT2D eigenvalue weighted by atomic mass is 10.3. The van der Waals surface area contributed by atoms with E-state index in [0.717, 1.165) is 56.4 Å². The fourth-order valence-corrected chi connectivity index (χ4v) is 3.07. The van der Waals surface area contributed by atoms with E-state index in [9.17, 15) is 4.79 Å². The number of fused-ring (bicyclic) bond motifs is 1. The molecule has 1 saturated heterocycles. The van der Waals surface area contributed by atoms with Crippen molar-refractivity contribution in [2.45, 2.75) is 13.3 Å². The van der Waals surface area contributed by atoms with Gasteiger partial charge in [0.2, 0.25) is 12.7 Å². The summed E-state index contributed by atoms with van der Waals surface area (Å²) in [6, 6.07) is 5.67. The van der Waals surface area contributed by atoms with Crippen molar-refractivity contribution >= 4 is 5.91 Å². The molecule has 0 aromatic heterocycles. The Hall–Kier alpha value is -1.99. The fourth-order valence-electron chi connectivity index (χ4n) is 3.07. The summed E-state index contributed by atoms with van der Waals surface area (Å²) in [5, 5.41) is 2.85. The Kier molecular flexibility index (Phi) is 6.36. The maximum atomic E-state index is 11.6. The maximum Gasteiger partial charge on any atom is 0.234 e. The van der Waals surface area contributed by atoms with Crippen LogP contribution in [0.1, 0.15) is 13.3 Å². The largest absolute Gasteiger partial charge is 0.493 e. The lowest BCUT2D eigenvalue weighted by molar-refractivity contribution is -0.122. The van der Waals surface area contributed by atoms with E-state index in [1.165, 1.54) is 0 Å². The molecule has 1 N–H and O–H groups in total. The van der Waals surface area contributed by atoms with Gasteiger partial charge >= 0.3 is 0 Å². The number of amides is 1. The number of hydrogen-bond donors (Lipinski definition) is 1. The first-order chi connectivity index (χ1) is 12.2. The number of piperazine rings is 1. The topological polar surface area (TPSA) is 63.3 Å². The molecule has 1 aromatic rings. The number of hydrogen-bond acceptors (Lipinski definition) is 6. The highest BCUT2D eigenvalue weighted by Gasteiger charge is 2.18. The fraction of sp³-hybridized carbons (Fsp3) is 0.611. The summed E-state index contributed by atoms with van der Waals surface area (Å²) in [5.74, 6) is 2.46. The van der Waals surface area contributed by atoms with Crippen LogP contribution in [0.3, 0.4) is 0 Å². The molecule has 25 heavy (non-hydrogen) atoms. The number of benzene rings is 1. The van der Waals surface area contributed by atoms with Crippen LogP contribution in [0.5, 0.6) is 17.2 Å². The first-order valence-corrected chi connectivity index (χ1v) is 8.98. The third-order valence-corrected chi connectivity index (χ3v) is 4.44. The highest BCUT2D eigenvalue weighted by Crippen LogP contribution is 2.35. The van der Waals surface area contributed by atoms with E-state index in [2.05, 4.69) is 15.1 Å².